The van der Waals surface area contributed by atoms with Crippen LogP contribution in [0.4, 0.5) is 0 Å². The Balaban J connectivity index is 2.30. The molecular weight excluding hydrogens is 412 g/mol. The van der Waals surface area contributed by atoms with Gasteiger partial charge in [-0.1, -0.05) is 56.3 Å². The molecule has 0 aliphatic rings. The van der Waals surface area contributed by atoms with Gasteiger partial charge in [0.25, 0.3) is 0 Å². The maximum atomic E-state index is 13.3. The standard InChI is InChI=1S/C24H30N2O6/c1-16(2)13-20(22(26(31)15-27)18-7-5-4-6-8-18)23(28)25-21(24(29)30)14-17-9-11-19(32-3)12-10-17/h4-12,15-16,20-22,31H,13-14H2,1-3H3,(H,25,28)(H,29,30)/t20?,21-,22?/m0/s1. The van der Waals surface area contributed by atoms with Gasteiger partial charge in [0.05, 0.1) is 19.1 Å². The third-order valence-electron chi connectivity index (χ3n) is 5.19. The molecule has 2 amide bonds. The summed E-state index contributed by atoms with van der Waals surface area (Å²) < 4.78 is 5.11. The third kappa shape index (κ3) is 6.81. The largest absolute Gasteiger partial charge is 0.497 e. The summed E-state index contributed by atoms with van der Waals surface area (Å²) >= 11 is 0. The van der Waals surface area contributed by atoms with Gasteiger partial charge >= 0.3 is 5.97 Å². The van der Waals surface area contributed by atoms with Crippen LogP contribution in [0.2, 0.25) is 0 Å². The lowest BCUT2D eigenvalue weighted by Gasteiger charge is -2.32. The zero-order chi connectivity index (χ0) is 23.7. The highest BCUT2D eigenvalue weighted by molar-refractivity contribution is 5.86. The number of ether oxygens (including phenoxy) is 1. The lowest BCUT2D eigenvalue weighted by Crippen LogP contribution is -2.48. The third-order valence-corrected chi connectivity index (χ3v) is 5.19. The molecule has 0 heterocycles. The lowest BCUT2D eigenvalue weighted by atomic mass is 9.85. The summed E-state index contributed by atoms with van der Waals surface area (Å²) in [5.41, 5.74) is 1.29. The highest BCUT2D eigenvalue weighted by Gasteiger charge is 2.36. The van der Waals surface area contributed by atoms with Crippen molar-refractivity contribution in [3.8, 4) is 5.75 Å². The second kappa shape index (κ2) is 11.9. The predicted molar refractivity (Wildman–Crippen MR) is 118 cm³/mol. The minimum atomic E-state index is -1.18. The average molecular weight is 443 g/mol. The molecule has 2 aromatic carbocycles. The SMILES string of the molecule is COc1ccc(C[C@H](NC(=O)C(CC(C)C)C(c2ccccc2)N(O)C=O)C(=O)O)cc1. The normalized spacial score (nSPS) is 13.7. The van der Waals surface area contributed by atoms with Gasteiger partial charge in [-0.25, -0.2) is 9.86 Å². The highest BCUT2D eigenvalue weighted by Crippen LogP contribution is 2.32. The van der Waals surface area contributed by atoms with Crippen molar-refractivity contribution in [3.05, 3.63) is 65.7 Å². The van der Waals surface area contributed by atoms with E-state index in [2.05, 4.69) is 5.32 Å². The summed E-state index contributed by atoms with van der Waals surface area (Å²) in [4.78, 5) is 36.5. The monoisotopic (exact) mass is 442 g/mol. The van der Waals surface area contributed by atoms with E-state index in [0.717, 1.165) is 5.56 Å². The Kier molecular flexibility index (Phi) is 9.22. The van der Waals surface area contributed by atoms with Gasteiger partial charge < -0.3 is 15.2 Å². The number of carbonyl (C=O) groups excluding carboxylic acids is 2. The minimum Gasteiger partial charge on any atom is -0.497 e. The molecule has 0 aliphatic heterocycles. The van der Waals surface area contributed by atoms with Crippen molar-refractivity contribution in [2.75, 3.05) is 7.11 Å². The number of carboxylic acids is 1. The molecule has 2 rings (SSSR count). The van der Waals surface area contributed by atoms with Crippen LogP contribution in [0, 0.1) is 11.8 Å². The summed E-state index contributed by atoms with van der Waals surface area (Å²) in [7, 11) is 1.54. The highest BCUT2D eigenvalue weighted by atomic mass is 16.5. The van der Waals surface area contributed by atoms with Crippen molar-refractivity contribution in [1.82, 2.24) is 10.4 Å². The van der Waals surface area contributed by atoms with Crippen LogP contribution in [0.25, 0.3) is 0 Å². The Hall–Kier alpha value is -3.39. The number of nitrogens with one attached hydrogen (secondary N) is 1. The van der Waals surface area contributed by atoms with Crippen LogP contribution in [0.1, 0.15) is 37.4 Å². The maximum Gasteiger partial charge on any atom is 0.326 e. The summed E-state index contributed by atoms with van der Waals surface area (Å²) in [6, 6.07) is 13.5. The number of hydroxylamine groups is 2. The molecule has 0 aromatic heterocycles. The van der Waals surface area contributed by atoms with Crippen LogP contribution in [-0.4, -0.2) is 46.8 Å². The molecule has 0 bridgehead atoms. The smallest absolute Gasteiger partial charge is 0.326 e. The topological polar surface area (TPSA) is 116 Å². The number of amides is 2. The Labute approximate surface area is 187 Å². The van der Waals surface area contributed by atoms with Crippen LogP contribution in [0.15, 0.2) is 54.6 Å². The first kappa shape index (κ1) is 24.9. The van der Waals surface area contributed by atoms with E-state index in [1.165, 1.54) is 7.11 Å². The molecule has 0 saturated heterocycles. The van der Waals surface area contributed by atoms with Gasteiger partial charge in [-0.15, -0.1) is 0 Å². The molecule has 32 heavy (non-hydrogen) atoms. The summed E-state index contributed by atoms with van der Waals surface area (Å²) in [5.74, 6) is -1.88. The lowest BCUT2D eigenvalue weighted by molar-refractivity contribution is -0.170. The van der Waals surface area contributed by atoms with E-state index in [4.69, 9.17) is 4.74 Å². The van der Waals surface area contributed by atoms with Crippen LogP contribution >= 0.6 is 0 Å². The van der Waals surface area contributed by atoms with Gasteiger partial charge in [0.1, 0.15) is 11.8 Å². The molecule has 0 saturated carbocycles. The van der Waals surface area contributed by atoms with E-state index in [0.29, 0.717) is 22.8 Å². The van der Waals surface area contributed by atoms with Crippen molar-refractivity contribution in [2.24, 2.45) is 11.8 Å². The first-order chi connectivity index (χ1) is 15.3. The fourth-order valence-electron chi connectivity index (χ4n) is 3.65. The summed E-state index contributed by atoms with van der Waals surface area (Å²) in [6.07, 6.45) is 0.668. The summed E-state index contributed by atoms with van der Waals surface area (Å²) in [5, 5.41) is 23.1. The van der Waals surface area contributed by atoms with Crippen molar-refractivity contribution in [3.63, 3.8) is 0 Å². The number of hydrogen-bond acceptors (Lipinski definition) is 5. The Bertz CT molecular complexity index is 885. The van der Waals surface area contributed by atoms with Crippen molar-refractivity contribution >= 4 is 18.3 Å². The van der Waals surface area contributed by atoms with Gasteiger partial charge in [-0.05, 0) is 35.6 Å². The van der Waals surface area contributed by atoms with E-state index < -0.39 is 29.9 Å². The molecule has 8 heteroatoms. The van der Waals surface area contributed by atoms with Gasteiger partial charge in [-0.2, -0.15) is 0 Å². The van der Waals surface area contributed by atoms with Gasteiger partial charge in [0.15, 0.2) is 0 Å². The van der Waals surface area contributed by atoms with E-state index in [9.17, 15) is 24.7 Å². The quantitative estimate of drug-likeness (QED) is 0.264. The van der Waals surface area contributed by atoms with E-state index in [1.54, 1.807) is 54.6 Å². The number of rotatable bonds is 12. The first-order valence-electron chi connectivity index (χ1n) is 10.4. The molecule has 0 spiro atoms. The van der Waals surface area contributed by atoms with Crippen LogP contribution in [0.5, 0.6) is 5.75 Å². The van der Waals surface area contributed by atoms with E-state index in [1.807, 2.05) is 13.8 Å². The van der Waals surface area contributed by atoms with Crippen molar-refractivity contribution < 1.29 is 29.4 Å². The number of carbonyl (C=O) groups is 3. The molecule has 8 nitrogen and oxygen atoms in total. The van der Waals surface area contributed by atoms with Crippen molar-refractivity contribution in [1.29, 1.82) is 0 Å². The Morgan fingerprint density at radius 1 is 1.09 bits per heavy atom. The number of hydrogen-bond donors (Lipinski definition) is 3. The minimum absolute atomic E-state index is 0.0573. The van der Waals surface area contributed by atoms with Gasteiger partial charge in [0, 0.05) is 6.42 Å². The first-order valence-corrected chi connectivity index (χ1v) is 10.4. The molecule has 172 valence electrons. The molecule has 2 unspecified atom stereocenters. The van der Waals surface area contributed by atoms with Crippen molar-refractivity contribution in [2.45, 2.75) is 38.8 Å². The number of benzene rings is 2. The molecule has 2 aromatic rings. The zero-order valence-corrected chi connectivity index (χ0v) is 18.5. The second-order valence-corrected chi connectivity index (χ2v) is 8.03. The number of nitrogens with zero attached hydrogens (tertiary/aromatic N) is 1. The van der Waals surface area contributed by atoms with Crippen LogP contribution in [0.3, 0.4) is 0 Å². The second-order valence-electron chi connectivity index (χ2n) is 8.03. The fourth-order valence-corrected chi connectivity index (χ4v) is 3.65. The van der Waals surface area contributed by atoms with Gasteiger partial charge in [0.2, 0.25) is 12.3 Å². The number of carboxylic acid groups (broad SMARTS) is 1. The zero-order valence-electron chi connectivity index (χ0n) is 18.5. The fraction of sp³-hybridized carbons (Fsp3) is 0.375. The molecule has 0 radical (unpaired) electrons. The predicted octanol–water partition coefficient (Wildman–Crippen LogP) is 3.06. The van der Waals surface area contributed by atoms with Gasteiger partial charge in [-0.3, -0.25) is 14.8 Å². The molecule has 3 atom stereocenters. The Morgan fingerprint density at radius 2 is 1.72 bits per heavy atom. The Morgan fingerprint density at radius 3 is 2.22 bits per heavy atom. The molecule has 3 N–H and O–H groups in total. The molecule has 0 fully saturated rings. The molecular formula is C24H30N2O6. The van der Waals surface area contributed by atoms with Crippen LogP contribution < -0.4 is 10.1 Å². The van der Waals surface area contributed by atoms with E-state index >= 15 is 0 Å². The number of aliphatic carboxylic acids is 1. The van der Waals surface area contributed by atoms with E-state index in [-0.39, 0.29) is 18.7 Å². The average Bonchev–Trinajstić information content (AvgIpc) is 2.78. The van der Waals surface area contributed by atoms with Crippen LogP contribution in [-0.2, 0) is 20.8 Å². The summed E-state index contributed by atoms with van der Waals surface area (Å²) in [6.45, 7) is 3.83. The maximum absolute atomic E-state index is 13.3. The molecule has 0 aliphatic carbocycles. The number of methoxy groups -OCH3 is 1.